The van der Waals surface area contributed by atoms with Crippen molar-refractivity contribution in [2.45, 2.75) is 12.5 Å². The first kappa shape index (κ1) is 9.49. The third-order valence-corrected chi connectivity index (χ3v) is 2.13. The van der Waals surface area contributed by atoms with Crippen molar-refractivity contribution in [1.29, 1.82) is 0 Å². The van der Waals surface area contributed by atoms with Crippen molar-refractivity contribution in [2.75, 3.05) is 19.6 Å². The van der Waals surface area contributed by atoms with E-state index in [0.29, 0.717) is 6.04 Å². The highest BCUT2D eigenvalue weighted by Crippen LogP contribution is 2.09. The molecule has 0 saturated carbocycles. The van der Waals surface area contributed by atoms with Gasteiger partial charge in [0.05, 0.1) is 0 Å². The summed E-state index contributed by atoms with van der Waals surface area (Å²) in [5.41, 5.74) is 0. The lowest BCUT2D eigenvalue weighted by molar-refractivity contribution is 0.211. The summed E-state index contributed by atoms with van der Waals surface area (Å²) in [4.78, 5) is 2.32. The van der Waals surface area contributed by atoms with Crippen molar-refractivity contribution in [2.24, 2.45) is 0 Å². The van der Waals surface area contributed by atoms with Gasteiger partial charge in [-0.3, -0.25) is 4.90 Å². The average molecular weight is 165 g/mol. The van der Waals surface area contributed by atoms with Gasteiger partial charge in [0.1, 0.15) is 0 Å². The minimum atomic E-state index is 0.564. The van der Waals surface area contributed by atoms with Crippen molar-refractivity contribution in [3.8, 4) is 0 Å². The molecular weight excluding hydrogens is 148 g/mol. The highest BCUT2D eigenvalue weighted by atomic mass is 15.2. The molecule has 1 N–H and O–H groups in total. The largest absolute Gasteiger partial charge is 0.314 e. The first-order chi connectivity index (χ1) is 5.88. The zero-order valence-electron chi connectivity index (χ0n) is 7.50. The molecular formula is C10H17N2. The fraction of sp³-hybridized carbons (Fsp3) is 0.500. The molecule has 12 heavy (non-hydrogen) atoms. The van der Waals surface area contributed by atoms with Crippen molar-refractivity contribution in [3.05, 3.63) is 31.9 Å². The average Bonchev–Trinajstić information content (AvgIpc) is 2.09. The Hall–Kier alpha value is -0.600. The van der Waals surface area contributed by atoms with Crippen molar-refractivity contribution < 1.29 is 0 Å². The van der Waals surface area contributed by atoms with Crippen LogP contribution in [0.4, 0.5) is 0 Å². The fourth-order valence-corrected chi connectivity index (χ4v) is 1.52. The lowest BCUT2D eigenvalue weighted by Crippen LogP contribution is -2.49. The third-order valence-electron chi connectivity index (χ3n) is 2.13. The summed E-state index contributed by atoms with van der Waals surface area (Å²) in [7, 11) is 0. The van der Waals surface area contributed by atoms with Crippen molar-refractivity contribution >= 4 is 0 Å². The quantitative estimate of drug-likeness (QED) is 0.629. The molecule has 67 valence electrons. The summed E-state index contributed by atoms with van der Waals surface area (Å²) in [6.07, 6.45) is 4.86. The highest BCUT2D eigenvalue weighted by Gasteiger charge is 2.19. The zero-order valence-corrected chi connectivity index (χ0v) is 7.50. The second-order valence-electron chi connectivity index (χ2n) is 3.00. The topological polar surface area (TPSA) is 15.3 Å². The van der Waals surface area contributed by atoms with Gasteiger partial charge in [-0.05, 0) is 6.42 Å². The molecule has 1 unspecified atom stereocenters. The molecule has 1 rings (SSSR count). The minimum Gasteiger partial charge on any atom is -0.314 e. The van der Waals surface area contributed by atoms with Gasteiger partial charge >= 0.3 is 0 Å². The molecule has 1 saturated heterocycles. The minimum absolute atomic E-state index is 0.564. The van der Waals surface area contributed by atoms with E-state index in [9.17, 15) is 0 Å². The van der Waals surface area contributed by atoms with Gasteiger partial charge in [0, 0.05) is 32.2 Å². The summed E-state index contributed by atoms with van der Waals surface area (Å²) in [5.74, 6) is 0. The molecule has 2 heteroatoms. The van der Waals surface area contributed by atoms with Crippen LogP contribution in [-0.4, -0.2) is 30.6 Å². The molecule has 1 aliphatic heterocycles. The molecule has 0 bridgehead atoms. The van der Waals surface area contributed by atoms with Crippen LogP contribution in [0.2, 0.25) is 0 Å². The standard InChI is InChI=1S/C10H17N2/c1-3-5-10-9-11-6-8-12(10)7-4-2/h3-4,7,10-11H,1-2,5-6,8-9H2. The number of nitrogens with one attached hydrogen (secondary N) is 1. The van der Waals surface area contributed by atoms with Gasteiger partial charge in [-0.15, -0.1) is 13.2 Å². The van der Waals surface area contributed by atoms with Crippen LogP contribution < -0.4 is 5.32 Å². The lowest BCUT2D eigenvalue weighted by Gasteiger charge is -2.34. The predicted octanol–water partition coefficient (Wildman–Crippen LogP) is 1.18. The van der Waals surface area contributed by atoms with Gasteiger partial charge < -0.3 is 5.32 Å². The van der Waals surface area contributed by atoms with E-state index < -0.39 is 0 Å². The summed E-state index contributed by atoms with van der Waals surface area (Å²) in [6.45, 7) is 12.7. The maximum Gasteiger partial charge on any atom is 0.0471 e. The fourth-order valence-electron chi connectivity index (χ4n) is 1.52. The second kappa shape index (κ2) is 5.12. The monoisotopic (exact) mass is 165 g/mol. The molecule has 0 aromatic rings. The number of rotatable bonds is 4. The third kappa shape index (κ3) is 2.47. The van der Waals surface area contributed by atoms with Gasteiger partial charge in [0.15, 0.2) is 0 Å². The Morgan fingerprint density at radius 2 is 2.33 bits per heavy atom. The molecule has 1 fully saturated rings. The van der Waals surface area contributed by atoms with Crippen LogP contribution >= 0.6 is 0 Å². The normalized spacial score (nSPS) is 25.2. The van der Waals surface area contributed by atoms with Crippen LogP contribution in [0, 0.1) is 6.54 Å². The van der Waals surface area contributed by atoms with E-state index in [0.717, 1.165) is 26.1 Å². The first-order valence-electron chi connectivity index (χ1n) is 4.41. The van der Waals surface area contributed by atoms with Crippen LogP contribution in [0.1, 0.15) is 6.42 Å². The van der Waals surface area contributed by atoms with Crippen LogP contribution in [0.15, 0.2) is 25.3 Å². The van der Waals surface area contributed by atoms with E-state index >= 15 is 0 Å². The molecule has 1 radical (unpaired) electrons. The Morgan fingerprint density at radius 1 is 1.50 bits per heavy atom. The Morgan fingerprint density at radius 3 is 3.00 bits per heavy atom. The molecule has 0 aromatic carbocycles. The van der Waals surface area contributed by atoms with E-state index in [1.165, 1.54) is 0 Å². The van der Waals surface area contributed by atoms with Gasteiger partial charge in [-0.2, -0.15) is 0 Å². The lowest BCUT2D eigenvalue weighted by atomic mass is 10.1. The molecule has 0 spiro atoms. The summed E-state index contributed by atoms with van der Waals surface area (Å²) in [6, 6.07) is 0.564. The van der Waals surface area contributed by atoms with E-state index in [-0.39, 0.29) is 0 Å². The maximum absolute atomic E-state index is 3.76. The SMILES string of the molecule is C=C[CH]N1CCNCC1CC=C. The zero-order chi connectivity index (χ0) is 8.81. The molecule has 0 aliphatic carbocycles. The van der Waals surface area contributed by atoms with E-state index in [1.54, 1.807) is 0 Å². The van der Waals surface area contributed by atoms with Gasteiger partial charge in [-0.1, -0.05) is 12.2 Å². The first-order valence-corrected chi connectivity index (χ1v) is 4.41. The van der Waals surface area contributed by atoms with Gasteiger partial charge in [-0.25, -0.2) is 0 Å². The molecule has 0 amide bonds. The Bertz CT molecular complexity index is 136. The van der Waals surface area contributed by atoms with Crippen LogP contribution in [0.3, 0.4) is 0 Å². The highest BCUT2D eigenvalue weighted by molar-refractivity contribution is 4.95. The summed E-state index contributed by atoms with van der Waals surface area (Å²) >= 11 is 0. The maximum atomic E-state index is 3.76. The molecule has 1 heterocycles. The van der Waals surface area contributed by atoms with Gasteiger partial charge in [0.25, 0.3) is 0 Å². The smallest absolute Gasteiger partial charge is 0.0471 e. The van der Waals surface area contributed by atoms with Crippen molar-refractivity contribution in [1.82, 2.24) is 10.2 Å². The number of hydrogen-bond acceptors (Lipinski definition) is 2. The molecule has 2 nitrogen and oxygen atoms in total. The number of hydrogen-bond donors (Lipinski definition) is 1. The van der Waals surface area contributed by atoms with Crippen molar-refractivity contribution in [3.63, 3.8) is 0 Å². The summed E-state index contributed by atoms with van der Waals surface area (Å²) in [5, 5.41) is 3.36. The van der Waals surface area contributed by atoms with E-state index in [2.05, 4.69) is 29.9 Å². The van der Waals surface area contributed by atoms with Crippen LogP contribution in [0.5, 0.6) is 0 Å². The Labute approximate surface area is 74.9 Å². The molecule has 1 atom stereocenters. The number of piperazine rings is 1. The van der Waals surface area contributed by atoms with E-state index in [1.807, 2.05) is 12.2 Å². The van der Waals surface area contributed by atoms with Crippen LogP contribution in [0.25, 0.3) is 0 Å². The molecule has 1 aliphatic rings. The predicted molar refractivity (Wildman–Crippen MR) is 52.7 cm³/mol. The Balaban J connectivity index is 2.41. The molecule has 0 aromatic heterocycles. The van der Waals surface area contributed by atoms with Crippen LogP contribution in [-0.2, 0) is 0 Å². The second-order valence-corrected chi connectivity index (χ2v) is 3.00. The Kier molecular flexibility index (Phi) is 4.05. The van der Waals surface area contributed by atoms with E-state index in [4.69, 9.17) is 0 Å². The summed E-state index contributed by atoms with van der Waals surface area (Å²) < 4.78 is 0. The van der Waals surface area contributed by atoms with Gasteiger partial charge in [0.2, 0.25) is 0 Å². The number of nitrogens with zero attached hydrogens (tertiary/aromatic N) is 1.